The molecule has 1 aromatic carbocycles. The molecule has 2 heterocycles. The van der Waals surface area contributed by atoms with Gasteiger partial charge in [0.05, 0.1) is 11.2 Å². The molecule has 0 spiro atoms. The van der Waals surface area contributed by atoms with Gasteiger partial charge in [0.2, 0.25) is 0 Å². The van der Waals surface area contributed by atoms with E-state index in [9.17, 15) is 9.59 Å². The highest BCUT2D eigenvalue weighted by Crippen LogP contribution is 2.38. The minimum Gasteiger partial charge on any atom is -0.477 e. The van der Waals surface area contributed by atoms with Crippen LogP contribution < -0.4 is 11.4 Å². The molecule has 142 valence electrons. The molecule has 0 saturated carbocycles. The molecule has 2 aromatic rings. The van der Waals surface area contributed by atoms with Crippen molar-refractivity contribution in [3.63, 3.8) is 0 Å². The number of hydrogen-bond acceptors (Lipinski definition) is 6. The van der Waals surface area contributed by atoms with Gasteiger partial charge in [-0.2, -0.15) is 0 Å². The van der Waals surface area contributed by atoms with E-state index in [1.807, 2.05) is 33.8 Å². The van der Waals surface area contributed by atoms with Crippen LogP contribution in [0.2, 0.25) is 0 Å². The fraction of sp³-hybridized carbons (Fsp3) is 0.368. The van der Waals surface area contributed by atoms with Gasteiger partial charge < -0.3 is 24.6 Å². The Bertz CT molecular complexity index is 975. The van der Waals surface area contributed by atoms with Crippen LogP contribution in [0.25, 0.3) is 17.0 Å². The Morgan fingerprint density at radius 2 is 1.81 bits per heavy atom. The maximum absolute atomic E-state index is 11.7. The SMILES string of the molecule is CC1(C)OB(C(=Cc2ccc3oc(=O)c(C(=O)O)cc3c2)CN)OC1(C)C. The summed E-state index contributed by atoms with van der Waals surface area (Å²) in [6, 6.07) is 6.41. The molecule has 0 aliphatic carbocycles. The van der Waals surface area contributed by atoms with Crippen LogP contribution >= 0.6 is 0 Å². The minimum atomic E-state index is -1.33. The Hall–Kier alpha value is -2.42. The summed E-state index contributed by atoms with van der Waals surface area (Å²) in [5, 5.41) is 9.60. The molecule has 0 atom stereocenters. The van der Waals surface area contributed by atoms with Crippen molar-refractivity contribution in [3.8, 4) is 0 Å². The standard InChI is InChI=1S/C19H22BNO6/c1-18(2)19(3,4)27-20(26-18)13(10-21)8-11-5-6-15-12(7-11)9-14(16(22)23)17(24)25-15/h5-9H,10,21H2,1-4H3,(H,22,23). The van der Waals surface area contributed by atoms with Crippen LogP contribution in [0, 0.1) is 0 Å². The molecule has 7 nitrogen and oxygen atoms in total. The van der Waals surface area contributed by atoms with Crippen molar-refractivity contribution in [1.82, 2.24) is 0 Å². The number of nitrogens with two attached hydrogens (primary N) is 1. The Morgan fingerprint density at radius 1 is 1.19 bits per heavy atom. The lowest BCUT2D eigenvalue weighted by atomic mass is 9.77. The van der Waals surface area contributed by atoms with Gasteiger partial charge >= 0.3 is 18.7 Å². The van der Waals surface area contributed by atoms with Gasteiger partial charge in [0, 0.05) is 11.9 Å². The minimum absolute atomic E-state index is 0.235. The van der Waals surface area contributed by atoms with Crippen molar-refractivity contribution in [3.05, 3.63) is 51.3 Å². The van der Waals surface area contributed by atoms with Crippen molar-refractivity contribution in [2.45, 2.75) is 38.9 Å². The Kier molecular flexibility index (Phi) is 4.75. The normalized spacial score (nSPS) is 18.9. The van der Waals surface area contributed by atoms with E-state index in [1.54, 1.807) is 18.2 Å². The Morgan fingerprint density at radius 3 is 2.37 bits per heavy atom. The van der Waals surface area contributed by atoms with Crippen molar-refractivity contribution in [2.75, 3.05) is 6.54 Å². The van der Waals surface area contributed by atoms with Crippen LogP contribution in [0.1, 0.15) is 43.6 Å². The molecule has 1 saturated heterocycles. The molecule has 3 N–H and O–H groups in total. The number of fused-ring (bicyclic) bond motifs is 1. The molecule has 1 aromatic heterocycles. The predicted molar refractivity (Wildman–Crippen MR) is 103 cm³/mol. The highest BCUT2D eigenvalue weighted by Gasteiger charge is 2.52. The van der Waals surface area contributed by atoms with Crippen molar-refractivity contribution >= 4 is 30.1 Å². The van der Waals surface area contributed by atoms with Gasteiger partial charge in [0.15, 0.2) is 0 Å². The van der Waals surface area contributed by atoms with Gasteiger partial charge in [-0.15, -0.1) is 0 Å². The third-order valence-electron chi connectivity index (χ3n) is 5.13. The quantitative estimate of drug-likeness (QED) is 0.627. The molecule has 1 fully saturated rings. The molecule has 1 aliphatic heterocycles. The molecular formula is C19H22BNO6. The van der Waals surface area contributed by atoms with E-state index in [4.69, 9.17) is 24.6 Å². The van der Waals surface area contributed by atoms with Gasteiger partial charge in [0.1, 0.15) is 11.1 Å². The fourth-order valence-corrected chi connectivity index (χ4v) is 2.81. The second kappa shape index (κ2) is 6.63. The first-order valence-corrected chi connectivity index (χ1v) is 8.61. The molecule has 0 bridgehead atoms. The molecule has 27 heavy (non-hydrogen) atoms. The van der Waals surface area contributed by atoms with Crippen LogP contribution in [0.5, 0.6) is 0 Å². The van der Waals surface area contributed by atoms with E-state index in [-0.39, 0.29) is 6.54 Å². The molecule has 0 unspecified atom stereocenters. The summed E-state index contributed by atoms with van der Waals surface area (Å²) in [5.74, 6) is -1.33. The van der Waals surface area contributed by atoms with E-state index < -0.39 is 35.5 Å². The van der Waals surface area contributed by atoms with Crippen LogP contribution in [-0.4, -0.2) is 35.9 Å². The number of carbonyl (C=O) groups is 1. The summed E-state index contributed by atoms with van der Waals surface area (Å²) in [6.07, 6.45) is 1.84. The summed E-state index contributed by atoms with van der Waals surface area (Å²) in [4.78, 5) is 22.8. The maximum Gasteiger partial charge on any atom is 0.491 e. The summed E-state index contributed by atoms with van der Waals surface area (Å²) < 4.78 is 17.1. The van der Waals surface area contributed by atoms with E-state index in [1.165, 1.54) is 6.07 Å². The van der Waals surface area contributed by atoms with E-state index in [2.05, 4.69) is 0 Å². The van der Waals surface area contributed by atoms with E-state index in [0.29, 0.717) is 11.0 Å². The van der Waals surface area contributed by atoms with Crippen LogP contribution in [-0.2, 0) is 9.31 Å². The van der Waals surface area contributed by atoms with Crippen LogP contribution in [0.4, 0.5) is 0 Å². The number of carboxylic acid groups (broad SMARTS) is 1. The summed E-state index contributed by atoms with van der Waals surface area (Å²) in [7, 11) is -0.570. The smallest absolute Gasteiger partial charge is 0.477 e. The van der Waals surface area contributed by atoms with Crippen molar-refractivity contribution in [2.24, 2.45) is 5.73 Å². The third-order valence-corrected chi connectivity index (χ3v) is 5.13. The average Bonchev–Trinajstić information content (AvgIpc) is 2.79. The lowest BCUT2D eigenvalue weighted by Crippen LogP contribution is -2.41. The molecule has 3 rings (SSSR count). The first-order valence-electron chi connectivity index (χ1n) is 8.61. The first-order chi connectivity index (χ1) is 12.5. The molecular weight excluding hydrogens is 349 g/mol. The lowest BCUT2D eigenvalue weighted by molar-refractivity contribution is 0.00578. The summed E-state index contributed by atoms with van der Waals surface area (Å²) in [5.41, 5.74) is 5.50. The molecule has 0 radical (unpaired) electrons. The largest absolute Gasteiger partial charge is 0.491 e. The topological polar surface area (TPSA) is 112 Å². The lowest BCUT2D eigenvalue weighted by Gasteiger charge is -2.32. The Balaban J connectivity index is 2.00. The van der Waals surface area contributed by atoms with Gasteiger partial charge in [-0.05, 0) is 56.9 Å². The van der Waals surface area contributed by atoms with Crippen LogP contribution in [0.3, 0.4) is 0 Å². The second-order valence-electron chi connectivity index (χ2n) is 7.56. The fourth-order valence-electron chi connectivity index (χ4n) is 2.81. The second-order valence-corrected chi connectivity index (χ2v) is 7.56. The monoisotopic (exact) mass is 371 g/mol. The van der Waals surface area contributed by atoms with Gasteiger partial charge in [-0.3, -0.25) is 0 Å². The highest BCUT2D eigenvalue weighted by molar-refractivity contribution is 6.55. The number of aromatic carboxylic acids is 1. The number of rotatable bonds is 4. The van der Waals surface area contributed by atoms with E-state index >= 15 is 0 Å². The van der Waals surface area contributed by atoms with Crippen molar-refractivity contribution in [1.29, 1.82) is 0 Å². The first kappa shape index (κ1) is 19.3. The zero-order valence-corrected chi connectivity index (χ0v) is 15.7. The van der Waals surface area contributed by atoms with E-state index in [0.717, 1.165) is 11.0 Å². The third kappa shape index (κ3) is 3.56. The number of carboxylic acids is 1. The van der Waals surface area contributed by atoms with Crippen molar-refractivity contribution < 1.29 is 23.6 Å². The number of benzene rings is 1. The highest BCUT2D eigenvalue weighted by atomic mass is 16.7. The zero-order chi connectivity index (χ0) is 20.0. The predicted octanol–water partition coefficient (Wildman–Crippen LogP) is 2.46. The summed E-state index contributed by atoms with van der Waals surface area (Å²) in [6.45, 7) is 8.09. The maximum atomic E-state index is 11.7. The average molecular weight is 371 g/mol. The zero-order valence-electron chi connectivity index (χ0n) is 15.7. The molecule has 1 aliphatic rings. The van der Waals surface area contributed by atoms with Crippen LogP contribution in [0.15, 0.2) is 38.9 Å². The van der Waals surface area contributed by atoms with Gasteiger partial charge in [-0.1, -0.05) is 12.1 Å². The van der Waals surface area contributed by atoms with Gasteiger partial charge in [-0.25, -0.2) is 9.59 Å². The number of hydrogen-bond donors (Lipinski definition) is 2. The van der Waals surface area contributed by atoms with Gasteiger partial charge in [0.25, 0.3) is 0 Å². The Labute approximate surface area is 156 Å². The summed E-state index contributed by atoms with van der Waals surface area (Å²) >= 11 is 0. The molecule has 0 amide bonds. The molecule has 8 heteroatoms.